The van der Waals surface area contributed by atoms with E-state index in [4.69, 9.17) is 56.8 Å². The minimum absolute atomic E-state index is 0.481. The van der Waals surface area contributed by atoms with Crippen molar-refractivity contribution in [3.05, 3.63) is 176 Å². The molecule has 390 valence electrons. The van der Waals surface area contributed by atoms with E-state index in [0.717, 1.165) is 0 Å². The van der Waals surface area contributed by atoms with Crippen molar-refractivity contribution in [1.29, 1.82) is 0 Å². The van der Waals surface area contributed by atoms with Crippen LogP contribution in [0.5, 0.6) is 69.0 Å². The molecule has 0 bridgehead atoms. The zero-order valence-electron chi connectivity index (χ0n) is 45.3. The first-order valence-corrected chi connectivity index (χ1v) is 23.8. The van der Waals surface area contributed by atoms with E-state index >= 15 is 0 Å². The van der Waals surface area contributed by atoms with Crippen molar-refractivity contribution < 1.29 is 56.8 Å². The van der Waals surface area contributed by atoms with Crippen LogP contribution in [0.4, 0.5) is 0 Å². The highest BCUT2D eigenvalue weighted by molar-refractivity contribution is 5.66. The predicted octanol–water partition coefficient (Wildman–Crippen LogP) is 10.2. The summed E-state index contributed by atoms with van der Waals surface area (Å²) >= 11 is 0. The Hall–Kier alpha value is -10.5. The topological polar surface area (TPSA) is 111 Å². The highest BCUT2D eigenvalue weighted by Crippen LogP contribution is 2.33. The first kappa shape index (κ1) is 55.3. The molecule has 0 fully saturated rings. The third-order valence-electron chi connectivity index (χ3n) is 11.7. The van der Waals surface area contributed by atoms with Gasteiger partial charge in [0.2, 0.25) is 0 Å². The molecular formula is C66H54O12. The fourth-order valence-corrected chi connectivity index (χ4v) is 7.68. The normalized spacial score (nSPS) is 9.69. The van der Waals surface area contributed by atoms with Crippen molar-refractivity contribution in [2.45, 2.75) is 0 Å². The van der Waals surface area contributed by atoms with Gasteiger partial charge in [-0.15, -0.1) is 0 Å². The first-order chi connectivity index (χ1) is 38.0. The molecule has 0 saturated heterocycles. The number of rotatable bonds is 12. The number of ether oxygens (including phenoxy) is 12. The van der Waals surface area contributed by atoms with Crippen LogP contribution >= 0.6 is 0 Å². The van der Waals surface area contributed by atoms with Gasteiger partial charge in [0.1, 0.15) is 69.0 Å². The molecule has 12 nitrogen and oxygen atoms in total. The van der Waals surface area contributed by atoms with E-state index in [1.165, 1.54) is 0 Å². The van der Waals surface area contributed by atoms with Gasteiger partial charge in [0.15, 0.2) is 0 Å². The molecule has 0 heterocycles. The minimum Gasteiger partial charge on any atom is -0.497 e. The average molecular weight is 1040 g/mol. The van der Waals surface area contributed by atoms with Crippen molar-refractivity contribution in [2.75, 3.05) is 85.3 Å². The summed E-state index contributed by atoms with van der Waals surface area (Å²) in [5.41, 5.74) is 7.12. The Morgan fingerprint density at radius 1 is 0.179 bits per heavy atom. The molecule has 7 rings (SSSR count). The van der Waals surface area contributed by atoms with E-state index in [9.17, 15) is 0 Å². The predicted molar refractivity (Wildman–Crippen MR) is 300 cm³/mol. The Kier molecular flexibility index (Phi) is 18.9. The second-order valence-corrected chi connectivity index (χ2v) is 16.3. The molecule has 0 aliphatic rings. The zero-order valence-corrected chi connectivity index (χ0v) is 45.3. The second kappa shape index (κ2) is 26.6. The van der Waals surface area contributed by atoms with Gasteiger partial charge >= 0.3 is 0 Å². The van der Waals surface area contributed by atoms with Crippen molar-refractivity contribution in [3.63, 3.8) is 0 Å². The van der Waals surface area contributed by atoms with E-state index in [1.807, 2.05) is 18.2 Å². The van der Waals surface area contributed by atoms with E-state index in [0.29, 0.717) is 136 Å². The zero-order chi connectivity index (χ0) is 55.6. The molecule has 0 aromatic heterocycles. The molecule has 0 amide bonds. The van der Waals surface area contributed by atoms with E-state index < -0.39 is 0 Å². The summed E-state index contributed by atoms with van der Waals surface area (Å²) in [6.45, 7) is 0. The Balaban J connectivity index is 1.32. The third-order valence-corrected chi connectivity index (χ3v) is 11.7. The van der Waals surface area contributed by atoms with Crippen LogP contribution in [0.3, 0.4) is 0 Å². The SMILES string of the molecule is COc1ccc(OC)c(C#Cc2cc(OC)c(C#Cc3cc(C#Cc4cc(OC)c(C#Cc5cc(OC)ccc5OC)cc4OC)cc(C#Cc4cc(OC)c(C#Cc5cc(OC)ccc5OC)cc4OC)c3)cc2OC)c1. The lowest BCUT2D eigenvalue weighted by atomic mass is 10.0. The Bertz CT molecular complexity index is 3380. The summed E-state index contributed by atoms with van der Waals surface area (Å²) in [6.07, 6.45) is 0. The molecule has 12 heteroatoms. The monoisotopic (exact) mass is 1040 g/mol. The van der Waals surface area contributed by atoms with E-state index in [-0.39, 0.29) is 0 Å². The van der Waals surface area contributed by atoms with Gasteiger partial charge in [-0.05, 0) is 72.8 Å². The summed E-state index contributed by atoms with van der Waals surface area (Å²) in [4.78, 5) is 0. The Morgan fingerprint density at radius 3 is 0.538 bits per heavy atom. The summed E-state index contributed by atoms with van der Waals surface area (Å²) < 4.78 is 67.8. The van der Waals surface area contributed by atoms with Gasteiger partial charge in [-0.25, -0.2) is 0 Å². The lowest BCUT2D eigenvalue weighted by Gasteiger charge is -2.09. The maximum atomic E-state index is 5.85. The maximum absolute atomic E-state index is 5.85. The molecular weight excluding hydrogens is 985 g/mol. The van der Waals surface area contributed by atoms with Crippen molar-refractivity contribution in [2.24, 2.45) is 0 Å². The van der Waals surface area contributed by atoms with Gasteiger partial charge in [0.05, 0.1) is 135 Å². The largest absolute Gasteiger partial charge is 0.497 e. The van der Waals surface area contributed by atoms with E-state index in [1.54, 1.807) is 176 Å². The molecule has 0 saturated carbocycles. The van der Waals surface area contributed by atoms with Crippen LogP contribution in [-0.2, 0) is 0 Å². The number of benzene rings is 7. The summed E-state index contributed by atoms with van der Waals surface area (Å²) in [5, 5.41) is 0. The Labute approximate surface area is 456 Å². The van der Waals surface area contributed by atoms with Gasteiger partial charge in [-0.2, -0.15) is 0 Å². The van der Waals surface area contributed by atoms with Gasteiger partial charge in [-0.3, -0.25) is 0 Å². The summed E-state index contributed by atoms with van der Waals surface area (Å²) in [7, 11) is 19.0. The van der Waals surface area contributed by atoms with Crippen molar-refractivity contribution in [3.8, 4) is 140 Å². The van der Waals surface area contributed by atoms with Crippen molar-refractivity contribution >= 4 is 0 Å². The highest BCUT2D eigenvalue weighted by Gasteiger charge is 2.14. The molecule has 0 atom stereocenters. The van der Waals surface area contributed by atoms with Crippen molar-refractivity contribution in [1.82, 2.24) is 0 Å². The smallest absolute Gasteiger partial charge is 0.136 e. The van der Waals surface area contributed by atoms with Gasteiger partial charge in [0, 0.05) is 53.1 Å². The van der Waals surface area contributed by atoms with Crippen LogP contribution in [-0.4, -0.2) is 85.3 Å². The molecule has 7 aromatic rings. The van der Waals surface area contributed by atoms with Crippen LogP contribution in [0.1, 0.15) is 66.8 Å². The number of hydrogen-bond acceptors (Lipinski definition) is 12. The molecule has 0 N–H and O–H groups in total. The summed E-state index contributed by atoms with van der Waals surface area (Å²) in [6, 6.07) is 32.5. The molecule has 7 aromatic carbocycles. The summed E-state index contributed by atoms with van der Waals surface area (Å²) in [5.74, 6) is 45.5. The molecule has 0 aliphatic heterocycles. The quantitative estimate of drug-likeness (QED) is 0.109. The standard InChI is InChI=1S/C66H54O12/c1-67-55-25-28-58(70-4)46(34-55)19-22-52-40-61(73-7)49(37-64(52)76-10)16-13-43-31-44(14-17-50-38-65(77-11)53(41-62(50)74-8)23-20-47-35-56(68-2)26-29-59(47)71-5)33-45(32-43)15-18-51-39-66(78-12)54(42-63(51)75-9)24-21-48-36-57(69-3)27-30-60(48)72-6/h25-42H,1-12H3. The lowest BCUT2D eigenvalue weighted by molar-refractivity contribution is 0.401. The molecule has 0 aliphatic carbocycles. The van der Waals surface area contributed by atoms with Crippen LogP contribution in [0.15, 0.2) is 109 Å². The van der Waals surface area contributed by atoms with E-state index in [2.05, 4.69) is 71.0 Å². The van der Waals surface area contributed by atoms with Crippen LogP contribution in [0.25, 0.3) is 0 Å². The third kappa shape index (κ3) is 13.4. The fraction of sp³-hybridized carbons (Fsp3) is 0.182. The van der Waals surface area contributed by atoms with Crippen LogP contribution < -0.4 is 56.8 Å². The fourth-order valence-electron chi connectivity index (χ4n) is 7.68. The second-order valence-electron chi connectivity index (χ2n) is 16.3. The molecule has 0 radical (unpaired) electrons. The average Bonchev–Trinajstić information content (AvgIpc) is 3.50. The van der Waals surface area contributed by atoms with Gasteiger partial charge < -0.3 is 56.8 Å². The number of methoxy groups -OCH3 is 12. The molecule has 0 spiro atoms. The molecule has 78 heavy (non-hydrogen) atoms. The van der Waals surface area contributed by atoms with Crippen LogP contribution in [0, 0.1) is 71.0 Å². The Morgan fingerprint density at radius 2 is 0.359 bits per heavy atom. The minimum atomic E-state index is 0.481. The lowest BCUT2D eigenvalue weighted by Crippen LogP contribution is -1.95. The highest BCUT2D eigenvalue weighted by atomic mass is 16.5. The first-order valence-electron chi connectivity index (χ1n) is 23.8. The molecule has 0 unspecified atom stereocenters. The number of hydrogen-bond donors (Lipinski definition) is 0. The maximum Gasteiger partial charge on any atom is 0.136 e. The van der Waals surface area contributed by atoms with Gasteiger partial charge in [0.25, 0.3) is 0 Å². The van der Waals surface area contributed by atoms with Gasteiger partial charge in [-0.1, -0.05) is 71.0 Å². The van der Waals surface area contributed by atoms with Crippen LogP contribution in [0.2, 0.25) is 0 Å².